The number of rotatable bonds is 0. The van der Waals surface area contributed by atoms with Crippen LogP contribution in [0.4, 0.5) is 0 Å². The van der Waals surface area contributed by atoms with E-state index in [1.807, 2.05) is 6.07 Å². The molecule has 1 heterocycles. The van der Waals surface area contributed by atoms with Crippen LogP contribution in [-0.4, -0.2) is 10.2 Å². The minimum absolute atomic E-state index is 0.0957. The van der Waals surface area contributed by atoms with Crippen molar-refractivity contribution in [3.8, 4) is 6.07 Å². The Morgan fingerprint density at radius 2 is 2.00 bits per heavy atom. The van der Waals surface area contributed by atoms with Gasteiger partial charge in [0, 0.05) is 9.86 Å². The number of nitriles is 1. The van der Waals surface area contributed by atoms with Gasteiger partial charge in [-0.25, -0.2) is 0 Å². The zero-order valence-electron chi connectivity index (χ0n) is 7.13. The van der Waals surface area contributed by atoms with E-state index in [-0.39, 0.29) is 10.7 Å². The molecule has 0 atom stereocenters. The molecule has 15 heavy (non-hydrogen) atoms. The lowest BCUT2D eigenvalue weighted by Gasteiger charge is -2.02. The topological polar surface area (TPSA) is 49.6 Å². The number of aromatic nitrogens is 2. The van der Waals surface area contributed by atoms with Crippen LogP contribution in [0.15, 0.2) is 16.6 Å². The molecule has 0 aliphatic rings. The van der Waals surface area contributed by atoms with Crippen molar-refractivity contribution in [1.82, 2.24) is 10.2 Å². The first kappa shape index (κ1) is 10.6. The molecule has 0 N–H and O–H groups in total. The maximum Gasteiger partial charge on any atom is 0.182 e. The molecule has 0 unspecified atom stereocenters. The molecule has 0 saturated heterocycles. The quantitative estimate of drug-likeness (QED) is 0.747. The van der Waals surface area contributed by atoms with E-state index in [4.69, 9.17) is 28.5 Å². The molecule has 2 aromatic rings. The molecular weight excluding hydrogens is 301 g/mol. The largest absolute Gasteiger partial charge is 0.191 e. The Morgan fingerprint density at radius 3 is 2.67 bits per heavy atom. The molecule has 0 aliphatic carbocycles. The number of fused-ring (bicyclic) bond motifs is 1. The van der Waals surface area contributed by atoms with Gasteiger partial charge in [0.05, 0.1) is 10.0 Å². The summed E-state index contributed by atoms with van der Waals surface area (Å²) < 4.78 is 0.777. The van der Waals surface area contributed by atoms with Gasteiger partial charge in [-0.3, -0.25) is 0 Å². The Kier molecular flexibility index (Phi) is 2.79. The first-order valence-electron chi connectivity index (χ1n) is 3.84. The first-order valence-corrected chi connectivity index (χ1v) is 5.39. The summed E-state index contributed by atoms with van der Waals surface area (Å²) in [5, 5.41) is 17.6. The van der Waals surface area contributed by atoms with Crippen LogP contribution in [0.1, 0.15) is 5.69 Å². The molecule has 0 radical (unpaired) electrons. The molecule has 0 bridgehead atoms. The second-order valence-electron chi connectivity index (χ2n) is 2.76. The lowest BCUT2D eigenvalue weighted by molar-refractivity contribution is 1.05. The van der Waals surface area contributed by atoms with Gasteiger partial charge in [-0.1, -0.05) is 39.1 Å². The molecule has 0 spiro atoms. The van der Waals surface area contributed by atoms with Crippen molar-refractivity contribution in [2.75, 3.05) is 0 Å². The van der Waals surface area contributed by atoms with Crippen molar-refractivity contribution in [1.29, 1.82) is 5.26 Å². The smallest absolute Gasteiger partial charge is 0.182 e. The highest BCUT2D eigenvalue weighted by Crippen LogP contribution is 2.31. The van der Waals surface area contributed by atoms with Gasteiger partial charge in [0.25, 0.3) is 0 Å². The zero-order valence-corrected chi connectivity index (χ0v) is 10.2. The van der Waals surface area contributed by atoms with Crippen molar-refractivity contribution >= 4 is 50.0 Å². The van der Waals surface area contributed by atoms with Gasteiger partial charge in [0.2, 0.25) is 0 Å². The minimum Gasteiger partial charge on any atom is -0.191 e. The van der Waals surface area contributed by atoms with E-state index in [0.29, 0.717) is 15.9 Å². The third-order valence-electron chi connectivity index (χ3n) is 1.83. The lowest BCUT2D eigenvalue weighted by atomic mass is 10.2. The average Bonchev–Trinajstić information content (AvgIpc) is 2.19. The fourth-order valence-corrected chi connectivity index (χ4v) is 2.25. The normalized spacial score (nSPS) is 10.3. The van der Waals surface area contributed by atoms with Crippen LogP contribution >= 0.6 is 39.1 Å². The summed E-state index contributed by atoms with van der Waals surface area (Å²) in [5.74, 6) is 0. The van der Waals surface area contributed by atoms with Gasteiger partial charge in [-0.05, 0) is 12.1 Å². The number of nitrogens with zero attached hydrogens (tertiary/aromatic N) is 3. The van der Waals surface area contributed by atoms with Crippen LogP contribution in [0.3, 0.4) is 0 Å². The van der Waals surface area contributed by atoms with Crippen molar-refractivity contribution in [3.63, 3.8) is 0 Å². The standard InChI is InChI=1S/C9H2BrCl2N3/c10-4-1-5-8(12)7(3-13)14-15-9(5)6(11)2-4/h1-2H. The Hall–Kier alpha value is -0.890. The molecule has 74 valence electrons. The Labute approximate surface area is 104 Å². The maximum absolute atomic E-state index is 8.73. The average molecular weight is 303 g/mol. The predicted octanol–water partition coefficient (Wildman–Crippen LogP) is 3.57. The third kappa shape index (κ3) is 1.78. The van der Waals surface area contributed by atoms with E-state index < -0.39 is 0 Å². The van der Waals surface area contributed by atoms with Crippen molar-refractivity contribution in [3.05, 3.63) is 32.3 Å². The highest BCUT2D eigenvalue weighted by Gasteiger charge is 2.11. The zero-order chi connectivity index (χ0) is 11.0. The number of halogens is 3. The molecule has 6 heteroatoms. The fourth-order valence-electron chi connectivity index (χ4n) is 1.18. The monoisotopic (exact) mass is 301 g/mol. The van der Waals surface area contributed by atoms with E-state index in [2.05, 4.69) is 26.1 Å². The van der Waals surface area contributed by atoms with Gasteiger partial charge in [-0.15, -0.1) is 10.2 Å². The van der Waals surface area contributed by atoms with Gasteiger partial charge in [-0.2, -0.15) is 5.26 Å². The molecular formula is C9H2BrCl2N3. The summed E-state index contributed by atoms with van der Waals surface area (Å²) >= 11 is 15.2. The van der Waals surface area contributed by atoms with E-state index in [1.165, 1.54) is 0 Å². The van der Waals surface area contributed by atoms with E-state index >= 15 is 0 Å². The summed E-state index contributed by atoms with van der Waals surface area (Å²) in [5.41, 5.74) is 0.585. The molecule has 0 amide bonds. The van der Waals surface area contributed by atoms with Crippen molar-refractivity contribution < 1.29 is 0 Å². The van der Waals surface area contributed by atoms with Gasteiger partial charge in [0.15, 0.2) is 5.69 Å². The Balaban J connectivity index is 2.94. The van der Waals surface area contributed by atoms with Gasteiger partial charge < -0.3 is 0 Å². The summed E-state index contributed by atoms with van der Waals surface area (Å²) in [6.07, 6.45) is 0. The summed E-state index contributed by atoms with van der Waals surface area (Å²) in [6.45, 7) is 0. The SMILES string of the molecule is N#Cc1nnc2c(Cl)cc(Br)cc2c1Cl. The molecule has 2 rings (SSSR count). The minimum atomic E-state index is 0.0957. The van der Waals surface area contributed by atoms with E-state index in [9.17, 15) is 0 Å². The predicted molar refractivity (Wildman–Crippen MR) is 62.0 cm³/mol. The number of hydrogen-bond donors (Lipinski definition) is 0. The second-order valence-corrected chi connectivity index (χ2v) is 4.46. The highest BCUT2D eigenvalue weighted by atomic mass is 79.9. The molecule has 0 aliphatic heterocycles. The van der Waals surface area contributed by atoms with Crippen LogP contribution in [0.2, 0.25) is 10.0 Å². The maximum atomic E-state index is 8.73. The van der Waals surface area contributed by atoms with Gasteiger partial charge in [0.1, 0.15) is 11.6 Å². The summed E-state index contributed by atoms with van der Waals surface area (Å²) in [7, 11) is 0. The lowest BCUT2D eigenvalue weighted by Crippen LogP contribution is -1.92. The molecule has 3 nitrogen and oxygen atoms in total. The molecule has 1 aromatic heterocycles. The van der Waals surface area contributed by atoms with Crippen molar-refractivity contribution in [2.24, 2.45) is 0 Å². The molecule has 0 saturated carbocycles. The second kappa shape index (κ2) is 3.93. The number of benzene rings is 1. The Bertz CT molecular complexity index is 592. The van der Waals surface area contributed by atoms with E-state index in [0.717, 1.165) is 4.47 Å². The molecule has 1 aromatic carbocycles. The first-order chi connectivity index (χ1) is 7.13. The fraction of sp³-hybridized carbons (Fsp3) is 0. The third-order valence-corrected chi connectivity index (χ3v) is 2.96. The van der Waals surface area contributed by atoms with Crippen LogP contribution in [0, 0.1) is 11.3 Å². The molecule has 0 fully saturated rings. The highest BCUT2D eigenvalue weighted by molar-refractivity contribution is 9.10. The van der Waals surface area contributed by atoms with Gasteiger partial charge >= 0.3 is 0 Å². The van der Waals surface area contributed by atoms with Crippen LogP contribution in [0.5, 0.6) is 0 Å². The van der Waals surface area contributed by atoms with Crippen LogP contribution in [-0.2, 0) is 0 Å². The van der Waals surface area contributed by atoms with Crippen LogP contribution < -0.4 is 0 Å². The summed E-state index contributed by atoms with van der Waals surface area (Å²) in [4.78, 5) is 0. The van der Waals surface area contributed by atoms with Crippen LogP contribution in [0.25, 0.3) is 10.9 Å². The van der Waals surface area contributed by atoms with E-state index in [1.54, 1.807) is 12.1 Å². The summed E-state index contributed by atoms with van der Waals surface area (Å²) in [6, 6.07) is 5.31. The Morgan fingerprint density at radius 1 is 1.27 bits per heavy atom. The van der Waals surface area contributed by atoms with Crippen molar-refractivity contribution in [2.45, 2.75) is 0 Å². The number of hydrogen-bond acceptors (Lipinski definition) is 3.